The van der Waals surface area contributed by atoms with Crippen LogP contribution in [-0.4, -0.2) is 91.5 Å². The molecule has 0 atom stereocenters. The summed E-state index contributed by atoms with van der Waals surface area (Å²) in [6.07, 6.45) is 0. The van der Waals surface area contributed by atoms with Crippen molar-refractivity contribution in [3.63, 3.8) is 0 Å². The van der Waals surface area contributed by atoms with Crippen LogP contribution in [0, 0.1) is 0 Å². The van der Waals surface area contributed by atoms with Crippen LogP contribution in [0.15, 0.2) is 60.7 Å². The molecule has 2 heterocycles. The molecule has 1 amide bonds. The van der Waals surface area contributed by atoms with E-state index in [2.05, 4.69) is 82.4 Å². The number of hydrogen-bond acceptors (Lipinski definition) is 4. The Balaban J connectivity index is 1.37. The SMILES string of the molecule is CN1CCN(C(=O)CN2CCN(C(c3ccccc3)c3ccccc3)CC2)CC1. The molecule has 2 aromatic carbocycles. The maximum atomic E-state index is 12.7. The Labute approximate surface area is 174 Å². The highest BCUT2D eigenvalue weighted by Crippen LogP contribution is 2.29. The Morgan fingerprint density at radius 2 is 1.28 bits per heavy atom. The second kappa shape index (κ2) is 9.53. The maximum Gasteiger partial charge on any atom is 0.236 e. The van der Waals surface area contributed by atoms with Crippen molar-refractivity contribution in [1.82, 2.24) is 19.6 Å². The summed E-state index contributed by atoms with van der Waals surface area (Å²) in [7, 11) is 2.12. The van der Waals surface area contributed by atoms with Gasteiger partial charge in [-0.15, -0.1) is 0 Å². The van der Waals surface area contributed by atoms with E-state index in [1.165, 1.54) is 11.1 Å². The lowest BCUT2D eigenvalue weighted by molar-refractivity contribution is -0.134. The average Bonchev–Trinajstić information content (AvgIpc) is 2.77. The zero-order valence-corrected chi connectivity index (χ0v) is 17.4. The van der Waals surface area contributed by atoms with Crippen molar-refractivity contribution in [3.8, 4) is 0 Å². The number of nitrogens with zero attached hydrogens (tertiary/aromatic N) is 4. The lowest BCUT2D eigenvalue weighted by Crippen LogP contribution is -2.53. The Morgan fingerprint density at radius 3 is 1.79 bits per heavy atom. The Kier molecular flexibility index (Phi) is 6.60. The molecule has 0 spiro atoms. The lowest BCUT2D eigenvalue weighted by atomic mass is 9.96. The number of likely N-dealkylation sites (N-methyl/N-ethyl adjacent to an activating group) is 1. The zero-order valence-electron chi connectivity index (χ0n) is 17.4. The smallest absolute Gasteiger partial charge is 0.236 e. The van der Waals surface area contributed by atoms with Crippen LogP contribution in [0.5, 0.6) is 0 Å². The average molecular weight is 393 g/mol. The quantitative estimate of drug-likeness (QED) is 0.780. The van der Waals surface area contributed by atoms with Gasteiger partial charge in [0, 0.05) is 52.4 Å². The van der Waals surface area contributed by atoms with Crippen LogP contribution >= 0.6 is 0 Å². The van der Waals surface area contributed by atoms with Crippen molar-refractivity contribution in [2.24, 2.45) is 0 Å². The Morgan fingerprint density at radius 1 is 0.759 bits per heavy atom. The van der Waals surface area contributed by atoms with E-state index in [9.17, 15) is 4.79 Å². The van der Waals surface area contributed by atoms with Gasteiger partial charge in [0.05, 0.1) is 12.6 Å². The molecule has 29 heavy (non-hydrogen) atoms. The third kappa shape index (κ3) is 5.04. The molecule has 0 aromatic heterocycles. The van der Waals surface area contributed by atoms with Crippen LogP contribution in [0.2, 0.25) is 0 Å². The minimum Gasteiger partial charge on any atom is -0.339 e. The predicted octanol–water partition coefficient (Wildman–Crippen LogP) is 2.17. The van der Waals surface area contributed by atoms with Crippen LogP contribution in [-0.2, 0) is 4.79 Å². The maximum absolute atomic E-state index is 12.7. The Hall–Kier alpha value is -2.21. The fourth-order valence-corrected chi connectivity index (χ4v) is 4.41. The minimum absolute atomic E-state index is 0.271. The molecular formula is C24H32N4O. The molecule has 0 N–H and O–H groups in total. The van der Waals surface area contributed by atoms with E-state index in [0.717, 1.165) is 52.4 Å². The van der Waals surface area contributed by atoms with E-state index in [0.29, 0.717) is 6.54 Å². The van der Waals surface area contributed by atoms with E-state index in [1.54, 1.807) is 0 Å². The fourth-order valence-electron chi connectivity index (χ4n) is 4.41. The van der Waals surface area contributed by atoms with E-state index >= 15 is 0 Å². The summed E-state index contributed by atoms with van der Waals surface area (Å²) in [5.74, 6) is 0.286. The topological polar surface area (TPSA) is 30.0 Å². The van der Waals surface area contributed by atoms with Crippen LogP contribution in [0.1, 0.15) is 17.2 Å². The standard InChI is InChI=1S/C24H32N4O/c1-25-12-16-27(17-13-25)23(29)20-26-14-18-28(19-15-26)24(21-8-4-2-5-9-21)22-10-6-3-7-11-22/h2-11,24H,12-20H2,1H3. The number of carbonyl (C=O) groups excluding carboxylic acids is 1. The van der Waals surface area contributed by atoms with Gasteiger partial charge in [0.2, 0.25) is 5.91 Å². The third-order valence-electron chi connectivity index (χ3n) is 6.22. The molecule has 0 saturated carbocycles. The van der Waals surface area contributed by atoms with Crippen molar-refractivity contribution < 1.29 is 4.79 Å². The molecule has 0 aliphatic carbocycles. The zero-order chi connectivity index (χ0) is 20.1. The fraction of sp³-hybridized carbons (Fsp3) is 0.458. The van der Waals surface area contributed by atoms with Gasteiger partial charge in [0.1, 0.15) is 0 Å². The van der Waals surface area contributed by atoms with Gasteiger partial charge in [-0.05, 0) is 18.2 Å². The number of hydrogen-bond donors (Lipinski definition) is 0. The second-order valence-electron chi connectivity index (χ2n) is 8.22. The van der Waals surface area contributed by atoms with Crippen LogP contribution < -0.4 is 0 Å². The normalized spacial score (nSPS) is 19.6. The van der Waals surface area contributed by atoms with Crippen molar-refractivity contribution in [1.29, 1.82) is 0 Å². The summed E-state index contributed by atoms with van der Waals surface area (Å²) in [6.45, 7) is 8.07. The van der Waals surface area contributed by atoms with Gasteiger partial charge in [-0.25, -0.2) is 0 Å². The molecule has 2 aromatic rings. The number of carbonyl (C=O) groups is 1. The summed E-state index contributed by atoms with van der Waals surface area (Å²) >= 11 is 0. The number of piperazine rings is 2. The molecule has 0 unspecified atom stereocenters. The van der Waals surface area contributed by atoms with Gasteiger partial charge >= 0.3 is 0 Å². The van der Waals surface area contributed by atoms with Crippen molar-refractivity contribution >= 4 is 5.91 Å². The van der Waals surface area contributed by atoms with Crippen molar-refractivity contribution in [2.75, 3.05) is 66.0 Å². The molecule has 4 rings (SSSR count). The molecule has 2 aliphatic rings. The molecule has 0 bridgehead atoms. The summed E-state index contributed by atoms with van der Waals surface area (Å²) < 4.78 is 0. The summed E-state index contributed by atoms with van der Waals surface area (Å²) in [5.41, 5.74) is 2.67. The molecule has 5 heteroatoms. The molecular weight excluding hydrogens is 360 g/mol. The van der Waals surface area contributed by atoms with Gasteiger partial charge in [-0.1, -0.05) is 60.7 Å². The second-order valence-corrected chi connectivity index (χ2v) is 8.22. The monoisotopic (exact) mass is 392 g/mol. The van der Waals surface area contributed by atoms with Gasteiger partial charge in [-0.2, -0.15) is 0 Å². The third-order valence-corrected chi connectivity index (χ3v) is 6.22. The molecule has 2 aliphatic heterocycles. The molecule has 2 fully saturated rings. The molecule has 154 valence electrons. The van der Waals surface area contributed by atoms with Gasteiger partial charge < -0.3 is 9.80 Å². The first-order valence-electron chi connectivity index (χ1n) is 10.7. The van der Waals surface area contributed by atoms with Crippen LogP contribution in [0.25, 0.3) is 0 Å². The number of rotatable bonds is 5. The highest BCUT2D eigenvalue weighted by Gasteiger charge is 2.28. The first kappa shape index (κ1) is 20.1. The van der Waals surface area contributed by atoms with Gasteiger partial charge in [-0.3, -0.25) is 14.6 Å². The van der Waals surface area contributed by atoms with E-state index in [4.69, 9.17) is 0 Å². The predicted molar refractivity (Wildman–Crippen MR) is 117 cm³/mol. The molecule has 2 saturated heterocycles. The van der Waals surface area contributed by atoms with Crippen molar-refractivity contribution in [2.45, 2.75) is 6.04 Å². The van der Waals surface area contributed by atoms with Gasteiger partial charge in [0.15, 0.2) is 0 Å². The lowest BCUT2D eigenvalue weighted by Gasteiger charge is -2.40. The summed E-state index contributed by atoms with van der Waals surface area (Å²) in [4.78, 5) is 21.9. The highest BCUT2D eigenvalue weighted by atomic mass is 16.2. The van der Waals surface area contributed by atoms with E-state index in [1.807, 2.05) is 4.90 Å². The van der Waals surface area contributed by atoms with E-state index < -0.39 is 0 Å². The summed E-state index contributed by atoms with van der Waals surface area (Å²) in [6, 6.07) is 21.8. The highest BCUT2D eigenvalue weighted by molar-refractivity contribution is 5.78. The number of benzene rings is 2. The van der Waals surface area contributed by atoms with Gasteiger partial charge in [0.25, 0.3) is 0 Å². The largest absolute Gasteiger partial charge is 0.339 e. The van der Waals surface area contributed by atoms with Crippen LogP contribution in [0.3, 0.4) is 0 Å². The first-order valence-corrected chi connectivity index (χ1v) is 10.7. The number of amides is 1. The minimum atomic E-state index is 0.271. The van der Waals surface area contributed by atoms with E-state index in [-0.39, 0.29) is 11.9 Å². The molecule has 0 radical (unpaired) electrons. The van der Waals surface area contributed by atoms with Crippen molar-refractivity contribution in [3.05, 3.63) is 71.8 Å². The molecule has 5 nitrogen and oxygen atoms in total. The Bertz CT molecular complexity index is 726. The first-order chi connectivity index (χ1) is 14.2. The summed E-state index contributed by atoms with van der Waals surface area (Å²) in [5, 5.41) is 0. The van der Waals surface area contributed by atoms with Crippen LogP contribution in [0.4, 0.5) is 0 Å².